The van der Waals surface area contributed by atoms with E-state index in [1.807, 2.05) is 17.5 Å². The Labute approximate surface area is 102 Å². The van der Waals surface area contributed by atoms with Gasteiger partial charge in [0.05, 0.1) is 11.9 Å². The molecular weight excluding hydrogens is 291 g/mol. The third-order valence-electron chi connectivity index (χ3n) is 1.59. The molecule has 0 aliphatic heterocycles. The van der Waals surface area contributed by atoms with Crippen LogP contribution in [0.2, 0.25) is 0 Å². The third-order valence-corrected chi connectivity index (χ3v) is 1.98. The van der Waals surface area contributed by atoms with Crippen molar-refractivity contribution in [1.29, 1.82) is 0 Å². The minimum absolute atomic E-state index is 0. The molecule has 0 bridgehead atoms. The fourth-order valence-electron chi connectivity index (χ4n) is 1.13. The van der Waals surface area contributed by atoms with Crippen LogP contribution in [0.15, 0.2) is 17.0 Å². The van der Waals surface area contributed by atoms with E-state index in [-0.39, 0.29) is 24.8 Å². The molecular formula is C7H9BrCl2N4. The molecule has 78 valence electrons. The summed E-state index contributed by atoms with van der Waals surface area (Å²) in [5, 5.41) is 0. The van der Waals surface area contributed by atoms with E-state index in [1.165, 1.54) is 0 Å². The molecule has 0 saturated heterocycles. The lowest BCUT2D eigenvalue weighted by Crippen LogP contribution is -1.91. The van der Waals surface area contributed by atoms with Gasteiger partial charge in [0.1, 0.15) is 10.4 Å². The number of imidazole rings is 1. The highest BCUT2D eigenvalue weighted by Crippen LogP contribution is 2.13. The van der Waals surface area contributed by atoms with E-state index in [4.69, 9.17) is 5.73 Å². The molecule has 2 aromatic heterocycles. The quantitative estimate of drug-likeness (QED) is 0.811. The number of hydrogen-bond donors (Lipinski definition) is 1. The first-order chi connectivity index (χ1) is 5.66. The zero-order chi connectivity index (χ0) is 8.72. The fourth-order valence-corrected chi connectivity index (χ4v) is 1.62. The van der Waals surface area contributed by atoms with Crippen molar-refractivity contribution in [2.24, 2.45) is 0 Å². The van der Waals surface area contributed by atoms with Gasteiger partial charge in [-0.25, -0.2) is 9.97 Å². The van der Waals surface area contributed by atoms with Gasteiger partial charge in [0.25, 0.3) is 0 Å². The molecule has 14 heavy (non-hydrogen) atoms. The summed E-state index contributed by atoms with van der Waals surface area (Å²) in [6, 6.07) is 0. The number of nitrogens with zero attached hydrogens (tertiary/aromatic N) is 3. The average molecular weight is 300 g/mol. The maximum atomic E-state index is 5.53. The Kier molecular flexibility index (Phi) is 4.64. The molecule has 7 heteroatoms. The maximum Gasteiger partial charge on any atom is 0.160 e. The molecule has 0 radical (unpaired) electrons. The van der Waals surface area contributed by atoms with Gasteiger partial charge in [-0.15, -0.1) is 24.8 Å². The Morgan fingerprint density at radius 3 is 2.57 bits per heavy atom. The molecule has 0 unspecified atom stereocenters. The lowest BCUT2D eigenvalue weighted by atomic mass is 10.5. The van der Waals surface area contributed by atoms with Gasteiger partial charge in [-0.1, -0.05) is 0 Å². The van der Waals surface area contributed by atoms with E-state index in [9.17, 15) is 0 Å². The first-order valence-corrected chi connectivity index (χ1v) is 4.23. The van der Waals surface area contributed by atoms with Crippen molar-refractivity contribution in [2.45, 2.75) is 6.92 Å². The number of aromatic nitrogens is 3. The lowest BCUT2D eigenvalue weighted by molar-refractivity contribution is 1.05. The van der Waals surface area contributed by atoms with E-state index >= 15 is 0 Å². The Bertz CT molecular complexity index is 442. The maximum absolute atomic E-state index is 5.53. The number of rotatable bonds is 0. The highest BCUT2D eigenvalue weighted by atomic mass is 79.9. The van der Waals surface area contributed by atoms with E-state index in [1.54, 1.807) is 6.20 Å². The van der Waals surface area contributed by atoms with Crippen LogP contribution in [-0.4, -0.2) is 14.4 Å². The van der Waals surface area contributed by atoms with Crippen LogP contribution in [0.25, 0.3) is 5.65 Å². The van der Waals surface area contributed by atoms with Crippen LogP contribution >= 0.6 is 40.7 Å². The topological polar surface area (TPSA) is 56.2 Å². The van der Waals surface area contributed by atoms with Crippen LogP contribution in [-0.2, 0) is 0 Å². The van der Waals surface area contributed by atoms with Crippen molar-refractivity contribution in [3.05, 3.63) is 22.7 Å². The van der Waals surface area contributed by atoms with Crippen LogP contribution in [0.3, 0.4) is 0 Å². The molecule has 0 spiro atoms. The Balaban J connectivity index is 0.000000845. The van der Waals surface area contributed by atoms with Gasteiger partial charge >= 0.3 is 0 Å². The molecule has 0 aliphatic rings. The molecule has 2 N–H and O–H groups in total. The molecule has 2 rings (SSSR count). The predicted octanol–water partition coefficient (Wildman–Crippen LogP) is 2.23. The van der Waals surface area contributed by atoms with Crippen molar-refractivity contribution < 1.29 is 0 Å². The van der Waals surface area contributed by atoms with Crippen molar-refractivity contribution >= 4 is 52.2 Å². The Morgan fingerprint density at radius 2 is 1.93 bits per heavy atom. The first kappa shape index (κ1) is 13.5. The van der Waals surface area contributed by atoms with Crippen molar-refractivity contribution in [3.8, 4) is 0 Å². The van der Waals surface area contributed by atoms with Crippen LogP contribution in [0.5, 0.6) is 0 Å². The summed E-state index contributed by atoms with van der Waals surface area (Å²) in [5.74, 6) is 0.512. The molecule has 0 amide bonds. The number of hydrogen-bond acceptors (Lipinski definition) is 3. The van der Waals surface area contributed by atoms with Crippen LogP contribution in [0, 0.1) is 6.92 Å². The van der Waals surface area contributed by atoms with Crippen LogP contribution in [0.1, 0.15) is 5.69 Å². The standard InChI is InChI=1S/C7H7BrN4.2ClH/c1-4-7-11-6(9)3-12(7)2-5(8)10-4;;/h2-3H,9H2,1H3;2*1H. The summed E-state index contributed by atoms with van der Waals surface area (Å²) in [5.41, 5.74) is 7.20. The summed E-state index contributed by atoms with van der Waals surface area (Å²) in [4.78, 5) is 8.30. The number of halogens is 3. The monoisotopic (exact) mass is 298 g/mol. The molecule has 0 saturated carbocycles. The minimum Gasteiger partial charge on any atom is -0.382 e. The summed E-state index contributed by atoms with van der Waals surface area (Å²) >= 11 is 3.29. The highest BCUT2D eigenvalue weighted by molar-refractivity contribution is 9.10. The van der Waals surface area contributed by atoms with Gasteiger partial charge in [-0.3, -0.25) is 0 Å². The fraction of sp³-hybridized carbons (Fsp3) is 0.143. The predicted molar refractivity (Wildman–Crippen MR) is 64.3 cm³/mol. The molecule has 2 aromatic rings. The second-order valence-corrected chi connectivity index (χ2v) is 3.36. The van der Waals surface area contributed by atoms with E-state index in [2.05, 4.69) is 25.9 Å². The Hall–Kier alpha value is -0.520. The SMILES string of the molecule is Cc1nc(Br)cn2cc(N)nc12.Cl.Cl. The zero-order valence-corrected chi connectivity index (χ0v) is 10.5. The van der Waals surface area contributed by atoms with Crippen molar-refractivity contribution in [2.75, 3.05) is 5.73 Å². The van der Waals surface area contributed by atoms with E-state index in [0.717, 1.165) is 15.9 Å². The van der Waals surface area contributed by atoms with Gasteiger partial charge in [-0.05, 0) is 22.9 Å². The smallest absolute Gasteiger partial charge is 0.160 e. The van der Waals surface area contributed by atoms with Gasteiger partial charge in [0.2, 0.25) is 0 Å². The summed E-state index contributed by atoms with van der Waals surface area (Å²) in [7, 11) is 0. The highest BCUT2D eigenvalue weighted by Gasteiger charge is 2.03. The van der Waals surface area contributed by atoms with E-state index in [0.29, 0.717) is 5.82 Å². The number of nitrogen functional groups attached to an aromatic ring is 1. The zero-order valence-electron chi connectivity index (χ0n) is 7.27. The van der Waals surface area contributed by atoms with Gasteiger partial charge in [-0.2, -0.15) is 0 Å². The normalized spacial score (nSPS) is 9.29. The first-order valence-electron chi connectivity index (χ1n) is 3.44. The summed E-state index contributed by atoms with van der Waals surface area (Å²) < 4.78 is 2.63. The largest absolute Gasteiger partial charge is 0.382 e. The van der Waals surface area contributed by atoms with E-state index < -0.39 is 0 Å². The van der Waals surface area contributed by atoms with Crippen LogP contribution in [0.4, 0.5) is 5.82 Å². The third kappa shape index (κ3) is 2.29. The van der Waals surface area contributed by atoms with Gasteiger partial charge in [0.15, 0.2) is 5.65 Å². The number of fused-ring (bicyclic) bond motifs is 1. The summed E-state index contributed by atoms with van der Waals surface area (Å²) in [6.07, 6.45) is 3.58. The van der Waals surface area contributed by atoms with Crippen molar-refractivity contribution in [3.63, 3.8) is 0 Å². The van der Waals surface area contributed by atoms with Crippen molar-refractivity contribution in [1.82, 2.24) is 14.4 Å². The molecule has 0 aliphatic carbocycles. The molecule has 0 aromatic carbocycles. The molecule has 0 atom stereocenters. The van der Waals surface area contributed by atoms with Crippen LogP contribution < -0.4 is 5.73 Å². The average Bonchev–Trinajstić information content (AvgIpc) is 2.29. The lowest BCUT2D eigenvalue weighted by Gasteiger charge is -1.96. The number of aryl methyl sites for hydroxylation is 1. The summed E-state index contributed by atoms with van der Waals surface area (Å²) in [6.45, 7) is 1.90. The second kappa shape index (κ2) is 4.82. The number of nitrogens with two attached hydrogens (primary N) is 1. The Morgan fingerprint density at radius 1 is 1.29 bits per heavy atom. The second-order valence-electron chi connectivity index (χ2n) is 2.55. The molecule has 0 fully saturated rings. The van der Waals surface area contributed by atoms with Gasteiger partial charge < -0.3 is 10.1 Å². The minimum atomic E-state index is 0. The number of anilines is 1. The van der Waals surface area contributed by atoms with Gasteiger partial charge in [0, 0.05) is 6.20 Å². The molecule has 2 heterocycles. The molecule has 4 nitrogen and oxygen atoms in total.